The molecule has 0 unspecified atom stereocenters. The summed E-state index contributed by atoms with van der Waals surface area (Å²) in [4.78, 5) is 11.2. The third-order valence-corrected chi connectivity index (χ3v) is 3.37. The highest BCUT2D eigenvalue weighted by Gasteiger charge is 2.07. The van der Waals surface area contributed by atoms with Gasteiger partial charge in [-0.15, -0.1) is 0 Å². The molecule has 0 aliphatic rings. The van der Waals surface area contributed by atoms with Gasteiger partial charge in [0.25, 0.3) is 0 Å². The molecule has 0 saturated carbocycles. The summed E-state index contributed by atoms with van der Waals surface area (Å²) in [7, 11) is 0. The van der Waals surface area contributed by atoms with Gasteiger partial charge >= 0.3 is 0 Å². The van der Waals surface area contributed by atoms with Crippen molar-refractivity contribution in [2.45, 2.75) is 33.6 Å². The number of ether oxygens (including phenoxy) is 1. The number of benzene rings is 1. The Hall–Kier alpha value is -2.30. The quantitative estimate of drug-likeness (QED) is 0.750. The fraction of sp³-hybridized carbons (Fsp3) is 0.444. The number of nitrogens with zero attached hydrogens (tertiary/aromatic N) is 3. The van der Waals surface area contributed by atoms with Gasteiger partial charge < -0.3 is 15.0 Å². The van der Waals surface area contributed by atoms with Crippen molar-refractivity contribution in [3.63, 3.8) is 0 Å². The van der Waals surface area contributed by atoms with Crippen molar-refractivity contribution in [3.8, 4) is 5.75 Å². The van der Waals surface area contributed by atoms with Gasteiger partial charge in [-0.05, 0) is 50.1 Å². The monoisotopic (exact) mass is 314 g/mol. The van der Waals surface area contributed by atoms with Gasteiger partial charge in [0, 0.05) is 25.0 Å². The topological polar surface area (TPSA) is 50.3 Å². The zero-order valence-electron chi connectivity index (χ0n) is 14.2. The Morgan fingerprint density at radius 1 is 1.00 bits per heavy atom. The summed E-state index contributed by atoms with van der Waals surface area (Å²) in [6.07, 6.45) is 4.01. The van der Waals surface area contributed by atoms with Crippen LogP contribution in [0.25, 0.3) is 0 Å². The molecule has 2 rings (SSSR count). The van der Waals surface area contributed by atoms with Crippen LogP contribution < -0.4 is 15.0 Å². The van der Waals surface area contributed by atoms with Crippen LogP contribution in [0.4, 0.5) is 17.5 Å². The standard InChI is InChI=1S/C18H26N4O/c1-4-13-22(14-5-2)17-11-12-19-18(21-17)20-15-7-9-16(10-8-15)23-6-3/h7-12H,4-6,13-14H2,1-3H3,(H,19,20,21). The van der Waals surface area contributed by atoms with Crippen LogP contribution in [0.5, 0.6) is 5.75 Å². The molecule has 2 aromatic rings. The highest BCUT2D eigenvalue weighted by Crippen LogP contribution is 2.20. The Morgan fingerprint density at radius 3 is 2.30 bits per heavy atom. The zero-order chi connectivity index (χ0) is 16.5. The summed E-state index contributed by atoms with van der Waals surface area (Å²) >= 11 is 0. The first-order valence-electron chi connectivity index (χ1n) is 8.34. The Balaban J connectivity index is 2.09. The van der Waals surface area contributed by atoms with Crippen LogP contribution in [0.1, 0.15) is 33.6 Å². The lowest BCUT2D eigenvalue weighted by molar-refractivity contribution is 0.340. The molecule has 0 bridgehead atoms. The van der Waals surface area contributed by atoms with E-state index in [1.165, 1.54) is 0 Å². The maximum Gasteiger partial charge on any atom is 0.229 e. The maximum atomic E-state index is 5.45. The Morgan fingerprint density at radius 2 is 1.70 bits per heavy atom. The van der Waals surface area contributed by atoms with Crippen molar-refractivity contribution in [3.05, 3.63) is 36.5 Å². The van der Waals surface area contributed by atoms with Gasteiger partial charge in [0.1, 0.15) is 11.6 Å². The second kappa shape index (κ2) is 8.98. The van der Waals surface area contributed by atoms with Crippen molar-refractivity contribution >= 4 is 17.5 Å². The van der Waals surface area contributed by atoms with E-state index in [0.717, 1.165) is 43.2 Å². The second-order valence-corrected chi connectivity index (χ2v) is 5.31. The molecule has 1 aromatic heterocycles. The Bertz CT molecular complexity index is 580. The van der Waals surface area contributed by atoms with E-state index in [1.807, 2.05) is 37.3 Å². The molecule has 23 heavy (non-hydrogen) atoms. The predicted molar refractivity (Wildman–Crippen MR) is 95.7 cm³/mol. The minimum atomic E-state index is 0.615. The largest absolute Gasteiger partial charge is 0.494 e. The first-order chi connectivity index (χ1) is 11.3. The van der Waals surface area contributed by atoms with Crippen molar-refractivity contribution < 1.29 is 4.74 Å². The molecule has 1 aromatic carbocycles. The summed E-state index contributed by atoms with van der Waals surface area (Å²) in [5.41, 5.74) is 0.947. The highest BCUT2D eigenvalue weighted by atomic mass is 16.5. The van der Waals surface area contributed by atoms with E-state index in [-0.39, 0.29) is 0 Å². The van der Waals surface area contributed by atoms with Crippen LogP contribution in [0, 0.1) is 0 Å². The fourth-order valence-corrected chi connectivity index (χ4v) is 2.40. The predicted octanol–water partition coefficient (Wildman–Crippen LogP) is 4.25. The van der Waals surface area contributed by atoms with Gasteiger partial charge in [-0.1, -0.05) is 13.8 Å². The van der Waals surface area contributed by atoms with Gasteiger partial charge in [-0.2, -0.15) is 4.98 Å². The second-order valence-electron chi connectivity index (χ2n) is 5.31. The molecule has 0 spiro atoms. The van der Waals surface area contributed by atoms with Gasteiger partial charge in [-0.25, -0.2) is 4.98 Å². The van der Waals surface area contributed by atoms with Crippen LogP contribution in [0.15, 0.2) is 36.5 Å². The van der Waals surface area contributed by atoms with Crippen LogP contribution in [-0.4, -0.2) is 29.7 Å². The SMILES string of the molecule is CCCN(CCC)c1ccnc(Nc2ccc(OCC)cc2)n1. The van der Waals surface area contributed by atoms with E-state index in [4.69, 9.17) is 4.74 Å². The molecular weight excluding hydrogens is 288 g/mol. The number of hydrogen-bond acceptors (Lipinski definition) is 5. The molecule has 5 nitrogen and oxygen atoms in total. The first-order valence-corrected chi connectivity index (χ1v) is 8.34. The van der Waals surface area contributed by atoms with Crippen LogP contribution in [0.3, 0.4) is 0 Å². The molecule has 0 atom stereocenters. The zero-order valence-corrected chi connectivity index (χ0v) is 14.2. The van der Waals surface area contributed by atoms with Crippen molar-refractivity contribution in [1.29, 1.82) is 0 Å². The minimum absolute atomic E-state index is 0.615. The molecule has 124 valence electrons. The highest BCUT2D eigenvalue weighted by molar-refractivity contribution is 5.56. The number of rotatable bonds is 9. The van der Waals surface area contributed by atoms with Crippen molar-refractivity contribution in [2.24, 2.45) is 0 Å². The Labute approximate surface area is 138 Å². The van der Waals surface area contributed by atoms with E-state index in [0.29, 0.717) is 12.6 Å². The lowest BCUT2D eigenvalue weighted by Gasteiger charge is -2.22. The summed E-state index contributed by atoms with van der Waals surface area (Å²) in [6, 6.07) is 9.79. The van der Waals surface area contributed by atoms with Crippen LogP contribution in [-0.2, 0) is 0 Å². The number of nitrogens with one attached hydrogen (secondary N) is 1. The third kappa shape index (κ3) is 5.13. The molecule has 0 amide bonds. The minimum Gasteiger partial charge on any atom is -0.494 e. The molecule has 5 heteroatoms. The van der Waals surface area contributed by atoms with Crippen molar-refractivity contribution in [1.82, 2.24) is 9.97 Å². The summed E-state index contributed by atoms with van der Waals surface area (Å²) in [5.74, 6) is 2.45. The normalized spacial score (nSPS) is 10.4. The van der Waals surface area contributed by atoms with Crippen LogP contribution >= 0.6 is 0 Å². The number of anilines is 3. The average Bonchev–Trinajstić information content (AvgIpc) is 2.57. The molecule has 1 N–H and O–H groups in total. The van der Waals surface area contributed by atoms with E-state index < -0.39 is 0 Å². The van der Waals surface area contributed by atoms with Gasteiger partial charge in [0.2, 0.25) is 5.95 Å². The molecule has 0 saturated heterocycles. The van der Waals surface area contributed by atoms with Gasteiger partial charge in [-0.3, -0.25) is 0 Å². The molecule has 1 heterocycles. The van der Waals surface area contributed by atoms with Crippen LogP contribution in [0.2, 0.25) is 0 Å². The molecule has 0 aliphatic carbocycles. The van der Waals surface area contributed by atoms with E-state index in [1.54, 1.807) is 6.20 Å². The van der Waals surface area contributed by atoms with E-state index in [2.05, 4.69) is 34.0 Å². The number of hydrogen-bond donors (Lipinski definition) is 1. The summed E-state index contributed by atoms with van der Waals surface area (Å²) in [5, 5.41) is 3.25. The molecule has 0 fully saturated rings. The molecule has 0 radical (unpaired) electrons. The first kappa shape index (κ1) is 17.1. The van der Waals surface area contributed by atoms with Gasteiger partial charge in [0.15, 0.2) is 0 Å². The average molecular weight is 314 g/mol. The molecular formula is C18H26N4O. The van der Waals surface area contributed by atoms with Gasteiger partial charge in [0.05, 0.1) is 6.61 Å². The lowest BCUT2D eigenvalue weighted by Crippen LogP contribution is -2.26. The maximum absolute atomic E-state index is 5.45. The van der Waals surface area contributed by atoms with E-state index in [9.17, 15) is 0 Å². The lowest BCUT2D eigenvalue weighted by atomic mass is 10.3. The number of aromatic nitrogens is 2. The Kier molecular flexibility index (Phi) is 6.66. The summed E-state index contributed by atoms with van der Waals surface area (Å²) < 4.78 is 5.45. The molecule has 0 aliphatic heterocycles. The summed E-state index contributed by atoms with van der Waals surface area (Å²) in [6.45, 7) is 9.03. The van der Waals surface area contributed by atoms with Crippen molar-refractivity contribution in [2.75, 3.05) is 29.9 Å². The fourth-order valence-electron chi connectivity index (χ4n) is 2.40. The third-order valence-electron chi connectivity index (χ3n) is 3.37. The smallest absolute Gasteiger partial charge is 0.229 e. The van der Waals surface area contributed by atoms with E-state index >= 15 is 0 Å².